The van der Waals surface area contributed by atoms with Gasteiger partial charge in [0.05, 0.1) is 6.61 Å². The number of carbonyl (C=O) groups is 1. The molecule has 0 atom stereocenters. The van der Waals surface area contributed by atoms with Gasteiger partial charge < -0.3 is 4.74 Å². The standard InChI is InChI=1S/C17H18O2/c1-5-19-16(18)9-7-6-8-14-10-12-15(13-11-14)17(2,3)4/h10-13H,5H2,1-4H3. The van der Waals surface area contributed by atoms with Crippen molar-refractivity contribution in [2.45, 2.75) is 33.1 Å². The van der Waals surface area contributed by atoms with E-state index >= 15 is 0 Å². The van der Waals surface area contributed by atoms with Gasteiger partial charge in [0.25, 0.3) is 0 Å². The number of benzene rings is 1. The van der Waals surface area contributed by atoms with Crippen molar-refractivity contribution in [3.63, 3.8) is 0 Å². The van der Waals surface area contributed by atoms with Gasteiger partial charge in [0, 0.05) is 11.5 Å². The van der Waals surface area contributed by atoms with Gasteiger partial charge in [-0.15, -0.1) is 0 Å². The SMILES string of the molecule is CCOC(=O)C#CC#Cc1ccc(C(C)(C)C)cc1. The first-order valence-electron chi connectivity index (χ1n) is 6.23. The number of esters is 1. The molecule has 1 aromatic carbocycles. The van der Waals surface area contributed by atoms with E-state index in [1.165, 1.54) is 5.56 Å². The summed E-state index contributed by atoms with van der Waals surface area (Å²) < 4.78 is 4.67. The fraction of sp³-hybridized carbons (Fsp3) is 0.353. The predicted octanol–water partition coefficient (Wildman–Crippen LogP) is 2.90. The monoisotopic (exact) mass is 254 g/mol. The minimum absolute atomic E-state index is 0.135. The van der Waals surface area contributed by atoms with Gasteiger partial charge in [0.2, 0.25) is 0 Å². The molecule has 0 aliphatic carbocycles. The Kier molecular flexibility index (Phi) is 5.22. The summed E-state index contributed by atoms with van der Waals surface area (Å²) in [5.41, 5.74) is 2.28. The van der Waals surface area contributed by atoms with Crippen molar-refractivity contribution in [3.05, 3.63) is 35.4 Å². The van der Waals surface area contributed by atoms with Gasteiger partial charge in [-0.2, -0.15) is 0 Å². The fourth-order valence-corrected chi connectivity index (χ4v) is 1.41. The van der Waals surface area contributed by atoms with E-state index in [0.717, 1.165) is 5.56 Å². The Morgan fingerprint density at radius 3 is 2.32 bits per heavy atom. The Bertz CT molecular complexity index is 552. The van der Waals surface area contributed by atoms with Crippen LogP contribution in [0.25, 0.3) is 0 Å². The van der Waals surface area contributed by atoms with Gasteiger partial charge in [-0.3, -0.25) is 0 Å². The smallest absolute Gasteiger partial charge is 0.385 e. The van der Waals surface area contributed by atoms with Gasteiger partial charge in [-0.25, -0.2) is 4.79 Å². The van der Waals surface area contributed by atoms with Crippen molar-refractivity contribution in [2.24, 2.45) is 0 Å². The molecule has 2 heteroatoms. The van der Waals surface area contributed by atoms with Crippen molar-refractivity contribution in [1.82, 2.24) is 0 Å². The molecule has 0 heterocycles. The molecule has 0 unspecified atom stereocenters. The third kappa shape index (κ3) is 5.32. The normalized spacial score (nSPS) is 9.68. The number of hydrogen-bond donors (Lipinski definition) is 0. The molecule has 0 saturated carbocycles. The third-order valence-corrected chi connectivity index (χ3v) is 2.46. The molecule has 1 rings (SSSR count). The Morgan fingerprint density at radius 2 is 1.79 bits per heavy atom. The molecule has 0 N–H and O–H groups in total. The zero-order valence-electron chi connectivity index (χ0n) is 11.8. The summed E-state index contributed by atoms with van der Waals surface area (Å²) in [6.07, 6.45) is 0. The van der Waals surface area contributed by atoms with Gasteiger partial charge >= 0.3 is 5.97 Å². The van der Waals surface area contributed by atoms with Crippen LogP contribution in [0.3, 0.4) is 0 Å². The third-order valence-electron chi connectivity index (χ3n) is 2.46. The highest BCUT2D eigenvalue weighted by atomic mass is 16.5. The maximum Gasteiger partial charge on any atom is 0.385 e. The molecule has 0 radical (unpaired) electrons. The molecule has 98 valence electrons. The topological polar surface area (TPSA) is 26.3 Å². The van der Waals surface area contributed by atoms with Crippen LogP contribution >= 0.6 is 0 Å². The van der Waals surface area contributed by atoms with Gasteiger partial charge in [-0.1, -0.05) is 38.8 Å². The zero-order valence-corrected chi connectivity index (χ0v) is 11.8. The number of carbonyl (C=O) groups excluding carboxylic acids is 1. The summed E-state index contributed by atoms with van der Waals surface area (Å²) in [6.45, 7) is 8.56. The molecule has 0 fully saturated rings. The van der Waals surface area contributed by atoms with E-state index in [0.29, 0.717) is 6.61 Å². The van der Waals surface area contributed by atoms with E-state index in [1.807, 2.05) is 12.1 Å². The molecule has 0 spiro atoms. The Hall–Kier alpha value is -2.19. The van der Waals surface area contributed by atoms with Crippen molar-refractivity contribution in [2.75, 3.05) is 6.61 Å². The first-order chi connectivity index (χ1) is 8.93. The molecule has 0 bridgehead atoms. The Balaban J connectivity index is 2.72. The second-order valence-electron chi connectivity index (χ2n) is 5.05. The second-order valence-corrected chi connectivity index (χ2v) is 5.05. The largest absolute Gasteiger partial charge is 0.456 e. The van der Waals surface area contributed by atoms with Gasteiger partial charge in [-0.05, 0) is 41.9 Å². The van der Waals surface area contributed by atoms with Crippen molar-refractivity contribution >= 4 is 5.97 Å². The average Bonchev–Trinajstić information content (AvgIpc) is 2.34. The summed E-state index contributed by atoms with van der Waals surface area (Å²) in [4.78, 5) is 10.9. The van der Waals surface area contributed by atoms with Crippen LogP contribution < -0.4 is 0 Å². The van der Waals surface area contributed by atoms with E-state index < -0.39 is 5.97 Å². The van der Waals surface area contributed by atoms with E-state index in [-0.39, 0.29) is 5.41 Å². The number of ether oxygens (including phenoxy) is 1. The van der Waals surface area contributed by atoms with Crippen molar-refractivity contribution in [3.8, 4) is 23.7 Å². The lowest BCUT2D eigenvalue weighted by molar-refractivity contribution is -0.136. The van der Waals surface area contributed by atoms with Crippen LogP contribution in [0, 0.1) is 23.7 Å². The van der Waals surface area contributed by atoms with Crippen LogP contribution in [-0.4, -0.2) is 12.6 Å². The average molecular weight is 254 g/mol. The van der Waals surface area contributed by atoms with E-state index in [1.54, 1.807) is 6.92 Å². The summed E-state index contributed by atoms with van der Waals surface area (Å²) in [6, 6.07) is 8.03. The highest BCUT2D eigenvalue weighted by Gasteiger charge is 2.12. The van der Waals surface area contributed by atoms with E-state index in [2.05, 4.69) is 61.3 Å². The van der Waals surface area contributed by atoms with Crippen LogP contribution in [0.15, 0.2) is 24.3 Å². The molecular formula is C17H18O2. The van der Waals surface area contributed by atoms with Gasteiger partial charge in [0.1, 0.15) is 0 Å². The molecular weight excluding hydrogens is 236 g/mol. The summed E-state index contributed by atoms with van der Waals surface area (Å²) in [7, 11) is 0. The molecule has 1 aromatic rings. The minimum Gasteiger partial charge on any atom is -0.456 e. The summed E-state index contributed by atoms with van der Waals surface area (Å²) >= 11 is 0. The maximum absolute atomic E-state index is 10.9. The first kappa shape index (κ1) is 14.9. The first-order valence-corrected chi connectivity index (χ1v) is 6.23. The van der Waals surface area contributed by atoms with Crippen LogP contribution in [0.1, 0.15) is 38.8 Å². The highest BCUT2D eigenvalue weighted by molar-refractivity contribution is 5.89. The highest BCUT2D eigenvalue weighted by Crippen LogP contribution is 2.21. The Morgan fingerprint density at radius 1 is 1.16 bits per heavy atom. The lowest BCUT2D eigenvalue weighted by Crippen LogP contribution is -2.10. The van der Waals surface area contributed by atoms with E-state index in [9.17, 15) is 4.79 Å². The predicted molar refractivity (Wildman–Crippen MR) is 76.4 cm³/mol. The Labute approximate surface area is 115 Å². The molecule has 0 saturated heterocycles. The summed E-state index contributed by atoms with van der Waals surface area (Å²) in [5, 5.41) is 0. The van der Waals surface area contributed by atoms with E-state index in [4.69, 9.17) is 0 Å². The molecule has 0 aliphatic rings. The lowest BCUT2D eigenvalue weighted by Gasteiger charge is -2.18. The van der Waals surface area contributed by atoms with Crippen LogP contribution in [0.5, 0.6) is 0 Å². The van der Waals surface area contributed by atoms with Gasteiger partial charge in [0.15, 0.2) is 0 Å². The minimum atomic E-state index is -0.542. The number of hydrogen-bond acceptors (Lipinski definition) is 2. The van der Waals surface area contributed by atoms with Crippen LogP contribution in [-0.2, 0) is 14.9 Å². The molecule has 0 aromatic heterocycles. The van der Waals surface area contributed by atoms with Crippen LogP contribution in [0.4, 0.5) is 0 Å². The maximum atomic E-state index is 10.9. The fourth-order valence-electron chi connectivity index (χ4n) is 1.41. The molecule has 0 amide bonds. The van der Waals surface area contributed by atoms with Crippen molar-refractivity contribution in [1.29, 1.82) is 0 Å². The number of rotatable bonds is 1. The summed E-state index contributed by atoms with van der Waals surface area (Å²) in [5.74, 6) is 9.77. The zero-order chi connectivity index (χ0) is 14.3. The molecule has 2 nitrogen and oxygen atoms in total. The quantitative estimate of drug-likeness (QED) is 0.437. The van der Waals surface area contributed by atoms with Crippen LogP contribution in [0.2, 0.25) is 0 Å². The lowest BCUT2D eigenvalue weighted by atomic mass is 9.87. The second kappa shape index (κ2) is 6.66. The molecule has 0 aliphatic heterocycles. The van der Waals surface area contributed by atoms with Crippen molar-refractivity contribution < 1.29 is 9.53 Å². The molecule has 19 heavy (non-hydrogen) atoms.